The van der Waals surface area contributed by atoms with E-state index in [1.54, 1.807) is 11.3 Å². The highest BCUT2D eigenvalue weighted by atomic mass is 127. The van der Waals surface area contributed by atoms with Crippen molar-refractivity contribution in [3.05, 3.63) is 22.4 Å². The monoisotopic (exact) mass is 479 g/mol. The van der Waals surface area contributed by atoms with E-state index in [1.807, 2.05) is 0 Å². The first kappa shape index (κ1) is 22.2. The highest BCUT2D eigenvalue weighted by Crippen LogP contribution is 2.28. The van der Waals surface area contributed by atoms with E-state index in [9.17, 15) is 4.79 Å². The Morgan fingerprint density at radius 3 is 2.60 bits per heavy atom. The van der Waals surface area contributed by atoms with E-state index in [1.165, 1.54) is 4.88 Å². The number of nitrogens with one attached hydrogen (secondary N) is 3. The molecule has 1 atom stereocenters. The molecule has 1 fully saturated rings. The summed E-state index contributed by atoms with van der Waals surface area (Å²) >= 11 is 1.76. The minimum atomic E-state index is 0. The normalized spacial score (nSPS) is 15.4. The molecule has 0 spiro atoms. The molecule has 1 aliphatic rings. The number of amides is 1. The van der Waals surface area contributed by atoms with E-state index < -0.39 is 0 Å². The second-order valence-corrected chi connectivity index (χ2v) is 7.19. The number of carbonyl (C=O) groups excluding carboxylic acids is 1. The molecule has 8 heteroatoms. The molecule has 0 saturated heterocycles. The fraction of sp³-hybridized carbons (Fsp3) is 0.647. The molecular weight excluding hydrogens is 449 g/mol. The van der Waals surface area contributed by atoms with Crippen LogP contribution in [0.1, 0.15) is 30.7 Å². The van der Waals surface area contributed by atoms with Crippen molar-refractivity contribution >= 4 is 47.2 Å². The highest BCUT2D eigenvalue weighted by molar-refractivity contribution is 14.0. The van der Waals surface area contributed by atoms with Crippen LogP contribution in [0.15, 0.2) is 22.5 Å². The largest absolute Gasteiger partial charge is 0.357 e. The number of carbonyl (C=O) groups is 1. The summed E-state index contributed by atoms with van der Waals surface area (Å²) in [6.07, 6.45) is 2.08. The number of hydrogen-bond donors (Lipinski definition) is 3. The van der Waals surface area contributed by atoms with E-state index in [4.69, 9.17) is 4.99 Å². The van der Waals surface area contributed by atoms with Crippen molar-refractivity contribution in [3.8, 4) is 0 Å². The van der Waals surface area contributed by atoms with Crippen LogP contribution < -0.4 is 16.0 Å². The predicted octanol–water partition coefficient (Wildman–Crippen LogP) is 2.05. The highest BCUT2D eigenvalue weighted by Gasteiger charge is 2.28. The fourth-order valence-electron chi connectivity index (χ4n) is 2.36. The topological polar surface area (TPSA) is 68.8 Å². The summed E-state index contributed by atoms with van der Waals surface area (Å²) in [6.45, 7) is 4.86. The van der Waals surface area contributed by atoms with Gasteiger partial charge in [0.1, 0.15) is 0 Å². The minimum absolute atomic E-state index is 0. The van der Waals surface area contributed by atoms with Gasteiger partial charge in [-0.2, -0.15) is 0 Å². The molecule has 3 N–H and O–H groups in total. The number of nitrogens with zero attached hydrogens (tertiary/aromatic N) is 2. The molecule has 1 aromatic rings. The molecule has 0 aromatic carbocycles. The van der Waals surface area contributed by atoms with Gasteiger partial charge in [-0.15, -0.1) is 35.3 Å². The molecule has 1 aromatic heterocycles. The van der Waals surface area contributed by atoms with Crippen LogP contribution in [0.5, 0.6) is 0 Å². The van der Waals surface area contributed by atoms with Gasteiger partial charge in [-0.05, 0) is 45.3 Å². The number of likely N-dealkylation sites (N-methyl/N-ethyl adjacent to an activating group) is 1. The lowest BCUT2D eigenvalue weighted by Crippen LogP contribution is -2.42. The standard InChI is InChI=1S/C17H29N5OS.HI/c1-4-18-17(20-10-9-19-16(23)13-7-8-13)21-12-14(22(2)3)15-6-5-11-24-15;/h5-6,11,13-14H,4,7-10,12H2,1-3H3,(H,19,23)(H2,18,20,21);1H. The van der Waals surface area contributed by atoms with Crippen LogP contribution in [0.3, 0.4) is 0 Å². The molecule has 0 aliphatic heterocycles. The second kappa shape index (κ2) is 11.7. The van der Waals surface area contributed by atoms with E-state index in [0.717, 1.165) is 25.3 Å². The van der Waals surface area contributed by atoms with Crippen molar-refractivity contribution in [3.63, 3.8) is 0 Å². The van der Waals surface area contributed by atoms with Crippen molar-refractivity contribution in [2.45, 2.75) is 25.8 Å². The summed E-state index contributed by atoms with van der Waals surface area (Å²) in [5.41, 5.74) is 0. The molecule has 1 amide bonds. The van der Waals surface area contributed by atoms with E-state index in [0.29, 0.717) is 19.6 Å². The van der Waals surface area contributed by atoms with Gasteiger partial charge in [0, 0.05) is 30.4 Å². The summed E-state index contributed by atoms with van der Waals surface area (Å²) in [4.78, 5) is 19.8. The molecule has 0 radical (unpaired) electrons. The molecule has 0 bridgehead atoms. The zero-order valence-electron chi connectivity index (χ0n) is 15.2. The minimum Gasteiger partial charge on any atom is -0.357 e. The lowest BCUT2D eigenvalue weighted by molar-refractivity contribution is -0.122. The third-order valence-electron chi connectivity index (χ3n) is 3.93. The maximum absolute atomic E-state index is 11.6. The van der Waals surface area contributed by atoms with Crippen molar-refractivity contribution in [1.82, 2.24) is 20.9 Å². The smallest absolute Gasteiger partial charge is 0.223 e. The van der Waals surface area contributed by atoms with Crippen LogP contribution in [0.25, 0.3) is 0 Å². The van der Waals surface area contributed by atoms with Crippen LogP contribution in [-0.2, 0) is 4.79 Å². The lowest BCUT2D eigenvalue weighted by Gasteiger charge is -2.22. The maximum Gasteiger partial charge on any atom is 0.223 e. The molecule has 142 valence electrons. The van der Waals surface area contributed by atoms with Gasteiger partial charge in [-0.1, -0.05) is 6.07 Å². The number of rotatable bonds is 9. The predicted molar refractivity (Wildman–Crippen MR) is 116 cm³/mol. The molecule has 1 aliphatic carbocycles. The third-order valence-corrected chi connectivity index (χ3v) is 4.90. The zero-order chi connectivity index (χ0) is 17.4. The Bertz CT molecular complexity index is 531. The van der Waals surface area contributed by atoms with Crippen LogP contribution in [0.2, 0.25) is 0 Å². The number of halogens is 1. The van der Waals surface area contributed by atoms with Gasteiger partial charge in [0.25, 0.3) is 0 Å². The summed E-state index contributed by atoms with van der Waals surface area (Å²) in [5.74, 6) is 1.24. The van der Waals surface area contributed by atoms with Crippen molar-refractivity contribution in [2.75, 3.05) is 40.3 Å². The van der Waals surface area contributed by atoms with Gasteiger partial charge in [-0.3, -0.25) is 9.79 Å². The SMILES string of the molecule is CCNC(=NCC(c1cccs1)N(C)C)NCCNC(=O)C1CC1.I. The first-order valence-electron chi connectivity index (χ1n) is 8.61. The average Bonchev–Trinajstić information content (AvgIpc) is 3.27. The van der Waals surface area contributed by atoms with Crippen LogP contribution in [-0.4, -0.2) is 57.0 Å². The van der Waals surface area contributed by atoms with E-state index in [2.05, 4.69) is 59.4 Å². The van der Waals surface area contributed by atoms with Crippen LogP contribution in [0, 0.1) is 5.92 Å². The van der Waals surface area contributed by atoms with Gasteiger partial charge in [0.05, 0.1) is 12.6 Å². The Labute approximate surface area is 171 Å². The molecule has 1 heterocycles. The Morgan fingerprint density at radius 1 is 1.32 bits per heavy atom. The van der Waals surface area contributed by atoms with Crippen LogP contribution in [0.4, 0.5) is 0 Å². The first-order valence-corrected chi connectivity index (χ1v) is 9.49. The molecular formula is C17H30IN5OS. The van der Waals surface area contributed by atoms with Crippen LogP contribution >= 0.6 is 35.3 Å². The lowest BCUT2D eigenvalue weighted by atomic mass is 10.2. The van der Waals surface area contributed by atoms with E-state index in [-0.39, 0.29) is 41.8 Å². The van der Waals surface area contributed by atoms with Crippen molar-refractivity contribution in [2.24, 2.45) is 10.9 Å². The fourth-order valence-corrected chi connectivity index (χ4v) is 3.28. The van der Waals surface area contributed by atoms with Gasteiger partial charge >= 0.3 is 0 Å². The zero-order valence-corrected chi connectivity index (χ0v) is 18.4. The number of hydrogen-bond acceptors (Lipinski definition) is 4. The Morgan fingerprint density at radius 2 is 2.04 bits per heavy atom. The first-order chi connectivity index (χ1) is 11.6. The number of guanidine groups is 1. The summed E-state index contributed by atoms with van der Waals surface area (Å²) < 4.78 is 0. The molecule has 2 rings (SSSR count). The molecule has 6 nitrogen and oxygen atoms in total. The van der Waals surface area contributed by atoms with Gasteiger partial charge in [0.15, 0.2) is 5.96 Å². The Kier molecular flexibility index (Phi) is 10.4. The quantitative estimate of drug-likeness (QED) is 0.220. The summed E-state index contributed by atoms with van der Waals surface area (Å²) in [6, 6.07) is 4.50. The molecule has 25 heavy (non-hydrogen) atoms. The Hall–Kier alpha value is -0.870. The van der Waals surface area contributed by atoms with Crippen molar-refractivity contribution in [1.29, 1.82) is 0 Å². The molecule has 1 saturated carbocycles. The Balaban J connectivity index is 0.00000312. The number of thiophene rings is 1. The average molecular weight is 479 g/mol. The number of aliphatic imine (C=N–C) groups is 1. The summed E-state index contributed by atoms with van der Waals surface area (Å²) in [5, 5.41) is 11.6. The molecule has 1 unspecified atom stereocenters. The van der Waals surface area contributed by atoms with Crippen molar-refractivity contribution < 1.29 is 4.79 Å². The summed E-state index contributed by atoms with van der Waals surface area (Å²) in [7, 11) is 4.15. The maximum atomic E-state index is 11.6. The van der Waals surface area contributed by atoms with Gasteiger partial charge < -0.3 is 20.9 Å². The van der Waals surface area contributed by atoms with Gasteiger partial charge in [0.2, 0.25) is 5.91 Å². The third kappa shape index (κ3) is 7.91. The second-order valence-electron chi connectivity index (χ2n) is 6.21. The van der Waals surface area contributed by atoms with E-state index >= 15 is 0 Å². The van der Waals surface area contributed by atoms with Gasteiger partial charge in [-0.25, -0.2) is 0 Å².